The molecule has 0 aliphatic carbocycles. The van der Waals surface area contributed by atoms with Gasteiger partial charge in [-0.1, -0.05) is 6.07 Å². The van der Waals surface area contributed by atoms with Crippen LogP contribution in [0, 0.1) is 6.92 Å². The molecule has 206 valence electrons. The number of aryl methyl sites for hydroxylation is 1. The van der Waals surface area contributed by atoms with E-state index in [-0.39, 0.29) is 12.0 Å². The Hall–Kier alpha value is -4.64. The molecule has 1 fully saturated rings. The molecule has 6 rings (SSSR count). The first-order valence-electron chi connectivity index (χ1n) is 13.2. The summed E-state index contributed by atoms with van der Waals surface area (Å²) in [5, 5.41) is 4.05. The van der Waals surface area contributed by atoms with E-state index in [9.17, 15) is 4.79 Å². The van der Waals surface area contributed by atoms with Gasteiger partial charge in [0.05, 0.1) is 42.4 Å². The van der Waals surface area contributed by atoms with Gasteiger partial charge in [0.15, 0.2) is 0 Å². The maximum atomic E-state index is 12.4. The highest BCUT2D eigenvalue weighted by atomic mass is 16.5. The van der Waals surface area contributed by atoms with E-state index >= 15 is 0 Å². The van der Waals surface area contributed by atoms with Crippen LogP contribution in [0.25, 0.3) is 33.2 Å². The lowest BCUT2D eigenvalue weighted by Crippen LogP contribution is -2.26. The lowest BCUT2D eigenvalue weighted by molar-refractivity contribution is 0.0244. The first-order chi connectivity index (χ1) is 19.4. The summed E-state index contributed by atoms with van der Waals surface area (Å²) in [6.45, 7) is 3.24. The number of benzene rings is 2. The number of aromatic nitrogens is 5. The second-order valence-electron chi connectivity index (χ2n) is 10.0. The number of imidazole rings is 1. The van der Waals surface area contributed by atoms with Crippen LogP contribution in [-0.4, -0.2) is 76.2 Å². The number of rotatable bonds is 7. The summed E-state index contributed by atoms with van der Waals surface area (Å²) in [7, 11) is 4.98. The number of H-pyrrole nitrogens is 2. The highest BCUT2D eigenvalue weighted by Crippen LogP contribution is 2.37. The van der Waals surface area contributed by atoms with E-state index < -0.39 is 0 Å². The van der Waals surface area contributed by atoms with Crippen LogP contribution in [-0.2, 0) is 4.74 Å². The van der Waals surface area contributed by atoms with Crippen molar-refractivity contribution in [3.8, 4) is 22.8 Å². The number of hydrogen-bond donors (Lipinski definition) is 3. The lowest BCUT2D eigenvalue weighted by Gasteiger charge is -2.23. The fraction of sp³-hybridized carbons (Fsp3) is 0.310. The van der Waals surface area contributed by atoms with Crippen molar-refractivity contribution >= 4 is 39.6 Å². The van der Waals surface area contributed by atoms with Crippen LogP contribution in [0.2, 0.25) is 0 Å². The molecule has 1 aliphatic heterocycles. The molecule has 0 atom stereocenters. The topological polar surface area (TPSA) is 130 Å². The van der Waals surface area contributed by atoms with E-state index in [0.717, 1.165) is 46.2 Å². The molecule has 0 spiro atoms. The maximum absolute atomic E-state index is 12.4. The minimum atomic E-state index is -0.114. The number of nitrogens with one attached hydrogen (secondary N) is 3. The fourth-order valence-corrected chi connectivity index (χ4v) is 4.93. The molecule has 11 nitrogen and oxygen atoms in total. The smallest absolute Gasteiger partial charge is 0.253 e. The van der Waals surface area contributed by atoms with Gasteiger partial charge < -0.3 is 34.4 Å². The van der Waals surface area contributed by atoms with Crippen molar-refractivity contribution in [2.75, 3.05) is 39.7 Å². The second-order valence-corrected chi connectivity index (χ2v) is 10.0. The number of ether oxygens (including phenoxy) is 3. The maximum Gasteiger partial charge on any atom is 0.253 e. The first-order valence-corrected chi connectivity index (χ1v) is 13.2. The number of carbonyl (C=O) groups excluding carboxylic acids is 1. The molecule has 11 heteroatoms. The van der Waals surface area contributed by atoms with Crippen molar-refractivity contribution in [2.45, 2.75) is 25.9 Å². The predicted molar refractivity (Wildman–Crippen MR) is 152 cm³/mol. The van der Waals surface area contributed by atoms with E-state index in [4.69, 9.17) is 24.2 Å². The fourth-order valence-electron chi connectivity index (χ4n) is 4.93. The summed E-state index contributed by atoms with van der Waals surface area (Å²) >= 11 is 0. The molecule has 1 amide bonds. The number of carbonyl (C=O) groups is 1. The van der Waals surface area contributed by atoms with Gasteiger partial charge in [-0.25, -0.2) is 4.98 Å². The Kier molecular flexibility index (Phi) is 6.72. The average molecular weight is 542 g/mol. The number of anilines is 2. The normalized spacial score (nSPS) is 14.0. The molecule has 2 aromatic carbocycles. The third kappa shape index (κ3) is 4.91. The number of methoxy groups -OCH3 is 1. The van der Waals surface area contributed by atoms with Crippen molar-refractivity contribution in [3.05, 3.63) is 54.0 Å². The number of fused-ring (bicyclic) bond motifs is 2. The Morgan fingerprint density at radius 3 is 2.70 bits per heavy atom. The molecule has 3 N–H and O–H groups in total. The standard InChI is InChI=1S/C29H31N7O4/c1-16-31-21-7-5-17(13-23(21)32-16)20-15-30-26-25(20)27(40-19-9-11-39-12-10-19)35-29(34-26)33-22-8-6-18(14-24(22)38-4)28(37)36(2)3/h5-8,13-15,19H,9-12H2,1-4H3,(H,31,32)(H2,30,33,34,35). The summed E-state index contributed by atoms with van der Waals surface area (Å²) in [5.74, 6) is 2.07. The van der Waals surface area contributed by atoms with Gasteiger partial charge in [0.2, 0.25) is 11.8 Å². The van der Waals surface area contributed by atoms with Crippen molar-refractivity contribution < 1.29 is 19.0 Å². The summed E-state index contributed by atoms with van der Waals surface area (Å²) in [4.78, 5) is 34.7. The SMILES string of the molecule is COc1cc(C(=O)N(C)C)ccc1Nc1nc(OC2CCOCC2)c2c(-c3ccc4nc(C)[nH]c4c3)c[nH]c2n1. The van der Waals surface area contributed by atoms with E-state index in [0.29, 0.717) is 47.7 Å². The van der Waals surface area contributed by atoms with Gasteiger partial charge in [-0.05, 0) is 42.8 Å². The number of aromatic amines is 2. The molecule has 1 aliphatic rings. The minimum Gasteiger partial charge on any atom is -0.495 e. The molecule has 1 saturated heterocycles. The number of nitrogens with zero attached hydrogens (tertiary/aromatic N) is 4. The molecule has 3 aromatic heterocycles. The van der Waals surface area contributed by atoms with Crippen LogP contribution >= 0.6 is 0 Å². The Bertz CT molecular complexity index is 1700. The Labute approximate surface area is 230 Å². The van der Waals surface area contributed by atoms with Crippen LogP contribution in [0.5, 0.6) is 11.6 Å². The van der Waals surface area contributed by atoms with Gasteiger partial charge >= 0.3 is 0 Å². The first kappa shape index (κ1) is 25.6. The molecule has 0 unspecified atom stereocenters. The van der Waals surface area contributed by atoms with Gasteiger partial charge in [-0.3, -0.25) is 4.79 Å². The molecule has 4 heterocycles. The molecular weight excluding hydrogens is 510 g/mol. The van der Waals surface area contributed by atoms with Gasteiger partial charge in [-0.15, -0.1) is 0 Å². The predicted octanol–water partition coefficient (Wildman–Crippen LogP) is 4.82. The molecule has 0 bridgehead atoms. The zero-order valence-corrected chi connectivity index (χ0v) is 22.9. The van der Waals surface area contributed by atoms with Gasteiger partial charge in [0.1, 0.15) is 23.3 Å². The molecule has 0 saturated carbocycles. The second kappa shape index (κ2) is 10.5. The quantitative estimate of drug-likeness (QED) is 0.267. The largest absolute Gasteiger partial charge is 0.495 e. The zero-order chi connectivity index (χ0) is 27.8. The highest BCUT2D eigenvalue weighted by Gasteiger charge is 2.22. The highest BCUT2D eigenvalue weighted by molar-refractivity contribution is 5.99. The van der Waals surface area contributed by atoms with Gasteiger partial charge in [-0.2, -0.15) is 9.97 Å². The average Bonchev–Trinajstić information content (AvgIpc) is 3.55. The van der Waals surface area contributed by atoms with E-state index in [1.807, 2.05) is 25.3 Å². The zero-order valence-electron chi connectivity index (χ0n) is 22.9. The molecule has 40 heavy (non-hydrogen) atoms. The van der Waals surface area contributed by atoms with Crippen molar-refractivity contribution in [1.29, 1.82) is 0 Å². The number of amides is 1. The van der Waals surface area contributed by atoms with Crippen molar-refractivity contribution in [3.63, 3.8) is 0 Å². The third-order valence-electron chi connectivity index (χ3n) is 6.96. The van der Waals surface area contributed by atoms with Crippen molar-refractivity contribution in [1.82, 2.24) is 29.8 Å². The van der Waals surface area contributed by atoms with E-state index in [1.165, 1.54) is 4.90 Å². The Morgan fingerprint density at radius 1 is 1.10 bits per heavy atom. The summed E-state index contributed by atoms with van der Waals surface area (Å²) in [5.41, 5.74) is 5.57. The molecular formula is C29H31N7O4. The number of hydrogen-bond acceptors (Lipinski definition) is 8. The van der Waals surface area contributed by atoms with E-state index in [2.05, 4.69) is 26.3 Å². The van der Waals surface area contributed by atoms with Crippen LogP contribution in [0.15, 0.2) is 42.6 Å². The van der Waals surface area contributed by atoms with Gasteiger partial charge in [0.25, 0.3) is 5.91 Å². The Balaban J connectivity index is 1.41. The third-order valence-corrected chi connectivity index (χ3v) is 6.96. The van der Waals surface area contributed by atoms with Crippen molar-refractivity contribution in [2.24, 2.45) is 0 Å². The van der Waals surface area contributed by atoms with Gasteiger partial charge in [0, 0.05) is 44.3 Å². The van der Waals surface area contributed by atoms with Crippen LogP contribution in [0.4, 0.5) is 11.6 Å². The summed E-state index contributed by atoms with van der Waals surface area (Å²) in [6, 6.07) is 11.3. The van der Waals surface area contributed by atoms with E-state index in [1.54, 1.807) is 39.4 Å². The summed E-state index contributed by atoms with van der Waals surface area (Å²) < 4.78 is 17.6. The summed E-state index contributed by atoms with van der Waals surface area (Å²) in [6.07, 6.45) is 3.46. The Morgan fingerprint density at radius 2 is 1.93 bits per heavy atom. The monoisotopic (exact) mass is 541 g/mol. The van der Waals surface area contributed by atoms with Crippen LogP contribution in [0.3, 0.4) is 0 Å². The van der Waals surface area contributed by atoms with Crippen LogP contribution < -0.4 is 14.8 Å². The van der Waals surface area contributed by atoms with Crippen LogP contribution in [0.1, 0.15) is 29.0 Å². The molecule has 5 aromatic rings. The molecule has 0 radical (unpaired) electrons. The lowest BCUT2D eigenvalue weighted by atomic mass is 10.1. The minimum absolute atomic E-state index is 0.0222.